The van der Waals surface area contributed by atoms with Gasteiger partial charge in [0.25, 0.3) is 0 Å². The van der Waals surface area contributed by atoms with E-state index in [0.717, 1.165) is 30.5 Å². The van der Waals surface area contributed by atoms with Gasteiger partial charge in [-0.15, -0.1) is 0 Å². The van der Waals surface area contributed by atoms with E-state index < -0.39 is 5.51 Å². The predicted octanol–water partition coefficient (Wildman–Crippen LogP) is 5.21. The molecular weight excluding hydrogens is 295 g/mol. The summed E-state index contributed by atoms with van der Waals surface area (Å²) in [6, 6.07) is 6.62. The van der Waals surface area contributed by atoms with Gasteiger partial charge < -0.3 is 5.32 Å². The molecule has 2 rings (SSSR count). The summed E-state index contributed by atoms with van der Waals surface area (Å²) in [4.78, 5) is 0.243. The SMILES string of the molecule is CC1CCCC(CNCc2ccc(SC(F)(F)F)cc2)C1. The number of nitrogens with one attached hydrogen (secondary N) is 1. The first-order chi connectivity index (χ1) is 9.92. The van der Waals surface area contributed by atoms with E-state index in [1.54, 1.807) is 12.1 Å². The lowest BCUT2D eigenvalue weighted by atomic mass is 9.82. The van der Waals surface area contributed by atoms with E-state index in [2.05, 4.69) is 12.2 Å². The summed E-state index contributed by atoms with van der Waals surface area (Å²) in [5.41, 5.74) is -3.18. The largest absolute Gasteiger partial charge is 0.446 e. The van der Waals surface area contributed by atoms with Gasteiger partial charge in [-0.2, -0.15) is 13.2 Å². The first kappa shape index (κ1) is 16.7. The van der Waals surface area contributed by atoms with Crippen molar-refractivity contribution < 1.29 is 13.2 Å². The summed E-state index contributed by atoms with van der Waals surface area (Å²) >= 11 is -0.0642. The van der Waals surface area contributed by atoms with E-state index in [9.17, 15) is 13.2 Å². The Morgan fingerprint density at radius 3 is 2.52 bits per heavy atom. The van der Waals surface area contributed by atoms with Gasteiger partial charge in [-0.05, 0) is 60.7 Å². The van der Waals surface area contributed by atoms with Crippen molar-refractivity contribution in [3.63, 3.8) is 0 Å². The predicted molar refractivity (Wildman–Crippen MR) is 81.2 cm³/mol. The summed E-state index contributed by atoms with van der Waals surface area (Å²) in [7, 11) is 0. The van der Waals surface area contributed by atoms with Crippen LogP contribution in [0, 0.1) is 11.8 Å². The highest BCUT2D eigenvalue weighted by Gasteiger charge is 2.28. The normalized spacial score (nSPS) is 23.2. The van der Waals surface area contributed by atoms with Crippen LogP contribution in [0.15, 0.2) is 29.2 Å². The topological polar surface area (TPSA) is 12.0 Å². The van der Waals surface area contributed by atoms with Crippen molar-refractivity contribution in [2.24, 2.45) is 11.8 Å². The molecule has 0 aliphatic heterocycles. The molecule has 1 nitrogen and oxygen atoms in total. The molecule has 1 saturated carbocycles. The average Bonchev–Trinajstić information content (AvgIpc) is 2.39. The summed E-state index contributed by atoms with van der Waals surface area (Å²) < 4.78 is 36.7. The summed E-state index contributed by atoms with van der Waals surface area (Å²) in [6.07, 6.45) is 5.23. The van der Waals surface area contributed by atoms with Crippen molar-refractivity contribution in [1.29, 1.82) is 0 Å². The van der Waals surface area contributed by atoms with Crippen LogP contribution in [0.3, 0.4) is 0 Å². The zero-order valence-corrected chi connectivity index (χ0v) is 13.1. The molecule has 0 heterocycles. The molecule has 1 aliphatic carbocycles. The number of thioether (sulfide) groups is 1. The van der Waals surface area contributed by atoms with Gasteiger partial charge in [-0.25, -0.2) is 0 Å². The molecule has 1 aliphatic rings. The van der Waals surface area contributed by atoms with Crippen LogP contribution >= 0.6 is 11.8 Å². The molecule has 1 aromatic rings. The average molecular weight is 317 g/mol. The molecule has 0 radical (unpaired) electrons. The smallest absolute Gasteiger partial charge is 0.312 e. The van der Waals surface area contributed by atoms with Gasteiger partial charge in [0.05, 0.1) is 0 Å². The van der Waals surface area contributed by atoms with E-state index >= 15 is 0 Å². The van der Waals surface area contributed by atoms with E-state index in [4.69, 9.17) is 0 Å². The number of hydrogen-bond acceptors (Lipinski definition) is 2. The zero-order valence-electron chi connectivity index (χ0n) is 12.2. The Hall–Kier alpha value is -0.680. The second-order valence-electron chi connectivity index (χ2n) is 5.96. The van der Waals surface area contributed by atoms with Crippen molar-refractivity contribution in [3.8, 4) is 0 Å². The molecule has 0 bridgehead atoms. The van der Waals surface area contributed by atoms with E-state index in [1.165, 1.54) is 37.8 Å². The lowest BCUT2D eigenvalue weighted by molar-refractivity contribution is -0.0328. The van der Waals surface area contributed by atoms with E-state index in [-0.39, 0.29) is 16.7 Å². The number of alkyl halides is 3. The molecule has 1 N–H and O–H groups in total. The molecule has 0 spiro atoms. The second kappa shape index (κ2) is 7.54. The summed E-state index contributed by atoms with van der Waals surface area (Å²) in [5, 5.41) is 3.43. The minimum Gasteiger partial charge on any atom is -0.312 e. The van der Waals surface area contributed by atoms with Crippen LogP contribution < -0.4 is 5.32 Å². The lowest BCUT2D eigenvalue weighted by Crippen LogP contribution is -2.26. The second-order valence-corrected chi connectivity index (χ2v) is 7.10. The third-order valence-electron chi connectivity index (χ3n) is 3.96. The Kier molecular flexibility index (Phi) is 5.99. The monoisotopic (exact) mass is 317 g/mol. The number of benzene rings is 1. The Bertz CT molecular complexity index is 430. The Morgan fingerprint density at radius 2 is 1.90 bits per heavy atom. The van der Waals surface area contributed by atoms with Gasteiger partial charge in [-0.1, -0.05) is 31.9 Å². The van der Waals surface area contributed by atoms with Gasteiger partial charge in [0.1, 0.15) is 0 Å². The fourth-order valence-electron chi connectivity index (χ4n) is 2.97. The van der Waals surface area contributed by atoms with Gasteiger partial charge >= 0.3 is 5.51 Å². The lowest BCUT2D eigenvalue weighted by Gasteiger charge is -2.26. The molecule has 0 aromatic heterocycles. The van der Waals surface area contributed by atoms with Crippen LogP contribution in [-0.2, 0) is 6.54 Å². The van der Waals surface area contributed by atoms with Crippen molar-refractivity contribution >= 4 is 11.8 Å². The van der Waals surface area contributed by atoms with Crippen molar-refractivity contribution in [1.82, 2.24) is 5.32 Å². The van der Waals surface area contributed by atoms with Crippen LogP contribution in [0.1, 0.15) is 38.2 Å². The van der Waals surface area contributed by atoms with E-state index in [1.807, 2.05) is 0 Å². The highest BCUT2D eigenvalue weighted by Crippen LogP contribution is 2.36. The molecule has 21 heavy (non-hydrogen) atoms. The molecule has 1 aromatic carbocycles. The molecule has 2 unspecified atom stereocenters. The molecule has 1 fully saturated rings. The van der Waals surface area contributed by atoms with Crippen LogP contribution in [0.4, 0.5) is 13.2 Å². The fourth-order valence-corrected chi connectivity index (χ4v) is 3.51. The molecule has 0 amide bonds. The quantitative estimate of drug-likeness (QED) is 0.748. The van der Waals surface area contributed by atoms with Gasteiger partial charge in [0.15, 0.2) is 0 Å². The summed E-state index contributed by atoms with van der Waals surface area (Å²) in [6.45, 7) is 4.04. The van der Waals surface area contributed by atoms with Crippen LogP contribution in [0.2, 0.25) is 0 Å². The first-order valence-corrected chi connectivity index (χ1v) is 8.29. The van der Waals surface area contributed by atoms with Gasteiger partial charge in [0, 0.05) is 11.4 Å². The maximum absolute atomic E-state index is 12.2. The van der Waals surface area contributed by atoms with Crippen LogP contribution in [0.5, 0.6) is 0 Å². The molecule has 118 valence electrons. The zero-order chi connectivity index (χ0) is 15.3. The van der Waals surface area contributed by atoms with Gasteiger partial charge in [-0.3, -0.25) is 0 Å². The first-order valence-electron chi connectivity index (χ1n) is 7.48. The Balaban J connectivity index is 1.73. The molecule has 2 atom stereocenters. The third kappa shape index (κ3) is 6.30. The van der Waals surface area contributed by atoms with Crippen molar-refractivity contribution in [3.05, 3.63) is 29.8 Å². The maximum Gasteiger partial charge on any atom is 0.446 e. The molecule has 0 saturated heterocycles. The maximum atomic E-state index is 12.2. The Morgan fingerprint density at radius 1 is 1.19 bits per heavy atom. The minimum absolute atomic E-state index is 0.0642. The Labute approximate surface area is 128 Å². The minimum atomic E-state index is -4.21. The standard InChI is InChI=1S/C16H22F3NS/c1-12-3-2-4-14(9-12)11-20-10-13-5-7-15(8-6-13)21-16(17,18)19/h5-8,12,14,20H,2-4,9-11H2,1H3. The summed E-state index contributed by atoms with van der Waals surface area (Å²) in [5.74, 6) is 1.57. The van der Waals surface area contributed by atoms with E-state index in [0.29, 0.717) is 0 Å². The fraction of sp³-hybridized carbons (Fsp3) is 0.625. The number of rotatable bonds is 5. The third-order valence-corrected chi connectivity index (χ3v) is 4.70. The van der Waals surface area contributed by atoms with Crippen molar-refractivity contribution in [2.75, 3.05) is 6.54 Å². The molecule has 5 heteroatoms. The number of halogens is 3. The van der Waals surface area contributed by atoms with Gasteiger partial charge in [0.2, 0.25) is 0 Å². The van der Waals surface area contributed by atoms with Crippen LogP contribution in [0.25, 0.3) is 0 Å². The highest BCUT2D eigenvalue weighted by molar-refractivity contribution is 8.00. The highest BCUT2D eigenvalue weighted by atomic mass is 32.2. The van der Waals surface area contributed by atoms with Crippen LogP contribution in [-0.4, -0.2) is 12.1 Å². The molecular formula is C16H22F3NS. The van der Waals surface area contributed by atoms with Crippen molar-refractivity contribution in [2.45, 2.75) is 49.6 Å². The number of hydrogen-bond donors (Lipinski definition) is 1.